The maximum absolute atomic E-state index is 13.2. The van der Waals surface area contributed by atoms with Gasteiger partial charge in [0.2, 0.25) is 0 Å². The number of aromatic nitrogens is 2. The largest absolute Gasteiger partial charge is 0.390 e. The van der Waals surface area contributed by atoms with E-state index >= 15 is 0 Å². The minimum Gasteiger partial charge on any atom is -0.390 e. The predicted octanol–water partition coefficient (Wildman–Crippen LogP) is 0.946. The molecule has 2 aromatic rings. The molecule has 4 N–H and O–H groups in total. The quantitative estimate of drug-likeness (QED) is 0.683. The second kappa shape index (κ2) is 6.40. The van der Waals surface area contributed by atoms with Crippen molar-refractivity contribution in [3.63, 3.8) is 0 Å². The fourth-order valence-electron chi connectivity index (χ4n) is 5.34. The topological polar surface area (TPSA) is 98.5 Å². The molecular weight excluding hydrogens is 354 g/mol. The number of hydrogen-bond donors (Lipinski definition) is 3. The van der Waals surface area contributed by atoms with E-state index in [1.165, 1.54) is 0 Å². The van der Waals surface area contributed by atoms with E-state index in [-0.39, 0.29) is 17.4 Å². The maximum Gasteiger partial charge on any atom is 0.274 e. The lowest BCUT2D eigenvalue weighted by atomic mass is 9.72. The van der Waals surface area contributed by atoms with Gasteiger partial charge in [0.05, 0.1) is 12.1 Å². The number of nitrogens with two attached hydrogens (primary N) is 1. The van der Waals surface area contributed by atoms with E-state index in [1.54, 1.807) is 0 Å². The number of aliphatic hydroxyl groups is 1. The molecule has 0 radical (unpaired) electrons. The van der Waals surface area contributed by atoms with Gasteiger partial charge in [0.15, 0.2) is 5.69 Å². The summed E-state index contributed by atoms with van der Waals surface area (Å²) in [6, 6.07) is 7.73. The summed E-state index contributed by atoms with van der Waals surface area (Å²) < 4.78 is 0. The molecular formula is C21H27N5O2. The molecule has 2 aliphatic heterocycles. The number of rotatable bonds is 1. The average molecular weight is 381 g/mol. The number of likely N-dealkylation sites (N-methyl/N-ethyl adjacent to an activating group) is 1. The van der Waals surface area contributed by atoms with Gasteiger partial charge in [-0.3, -0.25) is 9.89 Å². The minimum absolute atomic E-state index is 0.00674. The highest BCUT2D eigenvalue weighted by Crippen LogP contribution is 2.50. The molecule has 3 heterocycles. The molecule has 3 aliphatic rings. The van der Waals surface area contributed by atoms with Gasteiger partial charge in [-0.25, -0.2) is 0 Å². The number of fused-ring (bicyclic) bond motifs is 3. The van der Waals surface area contributed by atoms with Gasteiger partial charge in [-0.1, -0.05) is 24.3 Å². The van der Waals surface area contributed by atoms with Crippen molar-refractivity contribution in [1.82, 2.24) is 20.0 Å². The number of amides is 1. The Labute approximate surface area is 164 Å². The summed E-state index contributed by atoms with van der Waals surface area (Å²) in [5, 5.41) is 18.3. The number of nitrogens with zero attached hydrogens (tertiary/aromatic N) is 3. The average Bonchev–Trinajstić information content (AvgIpc) is 3.22. The van der Waals surface area contributed by atoms with Gasteiger partial charge in [-0.05, 0) is 31.0 Å². The SMILES string of the molecule is CN1CCc2[nH]nc(C(=O)N3CCC4(CC3)c3ccccc3[C@@H](N)[C@@H]4O)c2C1. The Morgan fingerprint density at radius 3 is 2.82 bits per heavy atom. The van der Waals surface area contributed by atoms with Gasteiger partial charge in [0.1, 0.15) is 0 Å². The molecule has 1 fully saturated rings. The number of likely N-dealkylation sites (tertiary alicyclic amines) is 1. The van der Waals surface area contributed by atoms with Gasteiger partial charge in [-0.15, -0.1) is 0 Å². The van der Waals surface area contributed by atoms with Crippen molar-refractivity contribution in [3.8, 4) is 0 Å². The summed E-state index contributed by atoms with van der Waals surface area (Å²) in [6.45, 7) is 2.95. The third-order valence-corrected chi connectivity index (χ3v) is 7.03. The summed E-state index contributed by atoms with van der Waals surface area (Å²) in [5.74, 6) is -0.00674. The van der Waals surface area contributed by atoms with Crippen LogP contribution in [-0.4, -0.2) is 63.8 Å². The first-order valence-electron chi connectivity index (χ1n) is 10.1. The van der Waals surface area contributed by atoms with Gasteiger partial charge in [-0.2, -0.15) is 5.10 Å². The Morgan fingerprint density at radius 2 is 2.04 bits per heavy atom. The van der Waals surface area contributed by atoms with Crippen LogP contribution in [0.2, 0.25) is 0 Å². The smallest absolute Gasteiger partial charge is 0.274 e. The van der Waals surface area contributed by atoms with Crippen molar-refractivity contribution >= 4 is 5.91 Å². The van der Waals surface area contributed by atoms with Crippen LogP contribution in [0.3, 0.4) is 0 Å². The molecule has 7 heteroatoms. The van der Waals surface area contributed by atoms with Crippen LogP contribution in [0.5, 0.6) is 0 Å². The zero-order valence-corrected chi connectivity index (χ0v) is 16.2. The van der Waals surface area contributed by atoms with Crippen molar-refractivity contribution in [2.75, 3.05) is 26.7 Å². The molecule has 1 aliphatic carbocycles. The lowest BCUT2D eigenvalue weighted by Gasteiger charge is -2.42. The van der Waals surface area contributed by atoms with Gasteiger partial charge >= 0.3 is 0 Å². The summed E-state index contributed by atoms with van der Waals surface area (Å²) in [6.07, 6.45) is 1.73. The first-order chi connectivity index (χ1) is 13.5. The molecule has 1 saturated heterocycles. The van der Waals surface area contributed by atoms with E-state index in [0.29, 0.717) is 18.8 Å². The first-order valence-corrected chi connectivity index (χ1v) is 10.1. The van der Waals surface area contributed by atoms with Gasteiger partial charge in [0.25, 0.3) is 5.91 Å². The Bertz CT molecular complexity index is 915. The van der Waals surface area contributed by atoms with Crippen molar-refractivity contribution in [3.05, 3.63) is 52.3 Å². The minimum atomic E-state index is -0.603. The second-order valence-electron chi connectivity index (χ2n) is 8.52. The highest BCUT2D eigenvalue weighted by molar-refractivity contribution is 5.94. The van der Waals surface area contributed by atoms with Crippen LogP contribution in [-0.2, 0) is 18.4 Å². The first kappa shape index (κ1) is 17.8. The molecule has 0 unspecified atom stereocenters. The number of H-pyrrole nitrogens is 1. The molecule has 1 spiro atoms. The molecule has 5 rings (SSSR count). The van der Waals surface area contributed by atoms with Gasteiger partial charge < -0.3 is 20.6 Å². The summed E-state index contributed by atoms with van der Waals surface area (Å²) in [4.78, 5) is 17.3. The summed E-state index contributed by atoms with van der Waals surface area (Å²) >= 11 is 0. The van der Waals surface area contributed by atoms with Crippen LogP contribution in [0, 0.1) is 0 Å². The number of nitrogens with one attached hydrogen (secondary N) is 1. The monoisotopic (exact) mass is 381 g/mol. The highest BCUT2D eigenvalue weighted by Gasteiger charge is 2.52. The fourth-order valence-corrected chi connectivity index (χ4v) is 5.34. The molecule has 1 aromatic heterocycles. The molecule has 1 amide bonds. The van der Waals surface area contributed by atoms with Crippen molar-refractivity contribution in [2.45, 2.75) is 43.4 Å². The zero-order valence-electron chi connectivity index (χ0n) is 16.2. The third kappa shape index (κ3) is 2.46. The van der Waals surface area contributed by atoms with Crippen molar-refractivity contribution in [1.29, 1.82) is 0 Å². The predicted molar refractivity (Wildman–Crippen MR) is 105 cm³/mol. The number of aliphatic hydroxyl groups excluding tert-OH is 1. The van der Waals surface area contributed by atoms with E-state index in [0.717, 1.165) is 54.7 Å². The van der Waals surface area contributed by atoms with E-state index in [2.05, 4.69) is 28.2 Å². The highest BCUT2D eigenvalue weighted by atomic mass is 16.3. The molecule has 1 aromatic carbocycles. The molecule has 148 valence electrons. The number of benzene rings is 1. The van der Waals surface area contributed by atoms with Crippen LogP contribution in [0.25, 0.3) is 0 Å². The van der Waals surface area contributed by atoms with Crippen molar-refractivity contribution in [2.24, 2.45) is 5.73 Å². The van der Waals surface area contributed by atoms with Crippen LogP contribution in [0.15, 0.2) is 24.3 Å². The third-order valence-electron chi connectivity index (χ3n) is 7.03. The Balaban J connectivity index is 1.37. The van der Waals surface area contributed by atoms with E-state index in [9.17, 15) is 9.90 Å². The zero-order chi connectivity index (χ0) is 19.5. The van der Waals surface area contributed by atoms with Crippen LogP contribution in [0.4, 0.5) is 0 Å². The normalized spacial score (nSPS) is 26.3. The molecule has 7 nitrogen and oxygen atoms in total. The van der Waals surface area contributed by atoms with Crippen molar-refractivity contribution < 1.29 is 9.90 Å². The van der Waals surface area contributed by atoms with E-state index < -0.39 is 6.10 Å². The lowest BCUT2D eigenvalue weighted by Crippen LogP contribution is -2.50. The maximum atomic E-state index is 13.2. The van der Waals surface area contributed by atoms with E-state index in [4.69, 9.17) is 5.73 Å². The van der Waals surface area contributed by atoms with Crippen LogP contribution < -0.4 is 5.73 Å². The standard InChI is InChI=1S/C21H27N5O2/c1-25-9-6-16-14(12-25)18(24-23-16)20(28)26-10-7-21(8-11-26)15-5-3-2-4-13(15)17(22)19(21)27/h2-5,17,19,27H,6-12,22H2,1H3,(H,23,24)/t17-,19+/m1/s1. The Kier molecular flexibility index (Phi) is 4.08. The molecule has 0 saturated carbocycles. The Morgan fingerprint density at radius 1 is 1.29 bits per heavy atom. The Hall–Kier alpha value is -2.22. The molecule has 28 heavy (non-hydrogen) atoms. The van der Waals surface area contributed by atoms with Crippen LogP contribution >= 0.6 is 0 Å². The summed E-state index contributed by atoms with van der Waals surface area (Å²) in [5.41, 5.74) is 10.8. The molecule has 0 bridgehead atoms. The second-order valence-corrected chi connectivity index (χ2v) is 8.52. The number of piperidine rings is 1. The van der Waals surface area contributed by atoms with Crippen LogP contribution in [0.1, 0.15) is 51.8 Å². The number of carbonyl (C=O) groups excluding carboxylic acids is 1. The van der Waals surface area contributed by atoms with E-state index in [1.807, 2.05) is 23.1 Å². The summed E-state index contributed by atoms with van der Waals surface area (Å²) in [7, 11) is 2.07. The fraction of sp³-hybridized carbons (Fsp3) is 0.524. The number of aromatic amines is 1. The van der Waals surface area contributed by atoms with Gasteiger partial charge in [0, 0.05) is 49.3 Å². The molecule has 2 atom stereocenters. The lowest BCUT2D eigenvalue weighted by molar-refractivity contribution is 0.0259. The number of carbonyl (C=O) groups is 1. The number of hydrogen-bond acceptors (Lipinski definition) is 5.